The molecule has 1 aliphatic heterocycles. The lowest BCUT2D eigenvalue weighted by atomic mass is 9.97. The molecule has 1 aromatic carbocycles. The first kappa shape index (κ1) is 13.4. The molecule has 1 aliphatic rings. The van der Waals surface area contributed by atoms with Crippen molar-refractivity contribution in [1.29, 1.82) is 0 Å². The largest absolute Gasteiger partial charge is 0.496 e. The van der Waals surface area contributed by atoms with Gasteiger partial charge in [-0.05, 0) is 38.3 Å². The number of methoxy groups -OCH3 is 1. The Kier molecular flexibility index (Phi) is 4.61. The van der Waals surface area contributed by atoms with E-state index in [0.29, 0.717) is 6.42 Å². The molecule has 1 fully saturated rings. The highest BCUT2D eigenvalue weighted by atomic mass is 16.5. The highest BCUT2D eigenvalue weighted by molar-refractivity contribution is 5.38. The zero-order valence-corrected chi connectivity index (χ0v) is 11.2. The van der Waals surface area contributed by atoms with Crippen LogP contribution >= 0.6 is 0 Å². The number of hydrogen-bond donors (Lipinski definition) is 1. The Labute approximate surface area is 109 Å². The fraction of sp³-hybridized carbons (Fsp3) is 0.600. The molecule has 1 saturated heterocycles. The fourth-order valence-corrected chi connectivity index (χ4v) is 2.48. The van der Waals surface area contributed by atoms with E-state index in [9.17, 15) is 5.11 Å². The number of aliphatic hydroxyl groups excluding tert-OH is 1. The van der Waals surface area contributed by atoms with Gasteiger partial charge in [0, 0.05) is 18.6 Å². The van der Waals surface area contributed by atoms with Gasteiger partial charge in [0.05, 0.1) is 19.3 Å². The molecule has 0 saturated carbocycles. The molecule has 0 spiro atoms. The minimum Gasteiger partial charge on any atom is -0.496 e. The zero-order chi connectivity index (χ0) is 13.0. The molecule has 1 aromatic rings. The highest BCUT2D eigenvalue weighted by Gasteiger charge is 2.21. The summed E-state index contributed by atoms with van der Waals surface area (Å²) in [5, 5.41) is 10.3. The first-order chi connectivity index (χ1) is 8.70. The summed E-state index contributed by atoms with van der Waals surface area (Å²) in [7, 11) is 1.64. The first-order valence-corrected chi connectivity index (χ1v) is 6.65. The molecular weight excluding hydrogens is 228 g/mol. The molecule has 3 nitrogen and oxygen atoms in total. The minimum atomic E-state index is -0.511. The Bertz CT molecular complexity index is 383. The molecule has 2 unspecified atom stereocenters. The normalized spacial score (nSPS) is 21.6. The van der Waals surface area contributed by atoms with E-state index in [4.69, 9.17) is 9.47 Å². The van der Waals surface area contributed by atoms with E-state index in [1.165, 1.54) is 6.42 Å². The van der Waals surface area contributed by atoms with Crippen molar-refractivity contribution in [2.24, 2.45) is 0 Å². The highest BCUT2D eigenvalue weighted by Crippen LogP contribution is 2.31. The van der Waals surface area contributed by atoms with Gasteiger partial charge in [-0.1, -0.05) is 11.6 Å². The number of ether oxygens (including phenoxy) is 2. The number of aliphatic hydroxyl groups is 1. The molecular formula is C15H22O3. The molecule has 2 rings (SSSR count). The van der Waals surface area contributed by atoms with Gasteiger partial charge in [-0.2, -0.15) is 0 Å². The van der Waals surface area contributed by atoms with E-state index in [1.54, 1.807) is 7.11 Å². The number of aryl methyl sites for hydroxylation is 1. The zero-order valence-electron chi connectivity index (χ0n) is 11.2. The molecule has 0 bridgehead atoms. The third-order valence-corrected chi connectivity index (χ3v) is 3.50. The van der Waals surface area contributed by atoms with E-state index >= 15 is 0 Å². The average molecular weight is 250 g/mol. The summed E-state index contributed by atoms with van der Waals surface area (Å²) in [6.45, 7) is 2.84. The van der Waals surface area contributed by atoms with E-state index in [1.807, 2.05) is 25.1 Å². The average Bonchev–Trinajstić information content (AvgIpc) is 2.40. The molecule has 0 radical (unpaired) electrons. The van der Waals surface area contributed by atoms with Crippen LogP contribution in [0.4, 0.5) is 0 Å². The summed E-state index contributed by atoms with van der Waals surface area (Å²) in [6.07, 6.45) is 3.70. The van der Waals surface area contributed by atoms with Gasteiger partial charge in [0.2, 0.25) is 0 Å². The Hall–Kier alpha value is -1.06. The van der Waals surface area contributed by atoms with Crippen LogP contribution in [0.3, 0.4) is 0 Å². The third kappa shape index (κ3) is 3.24. The Balaban J connectivity index is 2.07. The summed E-state index contributed by atoms with van der Waals surface area (Å²) in [6, 6.07) is 5.90. The van der Waals surface area contributed by atoms with Gasteiger partial charge in [-0.3, -0.25) is 0 Å². The second kappa shape index (κ2) is 6.21. The Morgan fingerprint density at radius 1 is 1.44 bits per heavy atom. The maximum Gasteiger partial charge on any atom is 0.124 e. The second-order valence-corrected chi connectivity index (χ2v) is 4.99. The monoisotopic (exact) mass is 250 g/mol. The molecule has 1 heterocycles. The maximum atomic E-state index is 10.3. The summed E-state index contributed by atoms with van der Waals surface area (Å²) < 4.78 is 11.0. The van der Waals surface area contributed by atoms with Crippen LogP contribution in [-0.4, -0.2) is 24.9 Å². The van der Waals surface area contributed by atoms with Crippen LogP contribution in [0.1, 0.15) is 42.9 Å². The van der Waals surface area contributed by atoms with Crippen molar-refractivity contribution in [3.8, 4) is 5.75 Å². The molecule has 2 atom stereocenters. The van der Waals surface area contributed by atoms with Gasteiger partial charge in [-0.25, -0.2) is 0 Å². The summed E-state index contributed by atoms with van der Waals surface area (Å²) in [5.74, 6) is 0.754. The third-order valence-electron chi connectivity index (χ3n) is 3.50. The van der Waals surface area contributed by atoms with Crippen LogP contribution in [0.2, 0.25) is 0 Å². The van der Waals surface area contributed by atoms with Crippen LogP contribution in [0.25, 0.3) is 0 Å². The van der Waals surface area contributed by atoms with Crippen molar-refractivity contribution >= 4 is 0 Å². The van der Waals surface area contributed by atoms with Crippen LogP contribution in [0.15, 0.2) is 18.2 Å². The van der Waals surface area contributed by atoms with Gasteiger partial charge in [-0.15, -0.1) is 0 Å². The van der Waals surface area contributed by atoms with Crippen molar-refractivity contribution in [2.45, 2.75) is 44.8 Å². The van der Waals surface area contributed by atoms with Gasteiger partial charge in [0.1, 0.15) is 5.75 Å². The molecule has 3 heteroatoms. The SMILES string of the molecule is COc1ccc(C)cc1C(O)CC1CCCCO1. The standard InChI is InChI=1S/C15H22O3/c1-11-6-7-15(17-2)13(9-11)14(16)10-12-5-3-4-8-18-12/h6-7,9,12,14,16H,3-5,8,10H2,1-2H3. The van der Waals surface area contributed by atoms with E-state index in [0.717, 1.165) is 36.3 Å². The fourth-order valence-electron chi connectivity index (χ4n) is 2.48. The first-order valence-electron chi connectivity index (χ1n) is 6.65. The van der Waals surface area contributed by atoms with Gasteiger partial charge >= 0.3 is 0 Å². The number of rotatable bonds is 4. The Morgan fingerprint density at radius 2 is 2.28 bits per heavy atom. The maximum absolute atomic E-state index is 10.3. The lowest BCUT2D eigenvalue weighted by molar-refractivity contribution is -0.0159. The lowest BCUT2D eigenvalue weighted by Gasteiger charge is -2.25. The quantitative estimate of drug-likeness (QED) is 0.892. The summed E-state index contributed by atoms with van der Waals surface area (Å²) >= 11 is 0. The minimum absolute atomic E-state index is 0.180. The summed E-state index contributed by atoms with van der Waals surface area (Å²) in [4.78, 5) is 0. The van der Waals surface area contributed by atoms with E-state index in [-0.39, 0.29) is 6.10 Å². The predicted octanol–water partition coefficient (Wildman–Crippen LogP) is 3.00. The van der Waals surface area contributed by atoms with Crippen LogP contribution in [-0.2, 0) is 4.74 Å². The van der Waals surface area contributed by atoms with Gasteiger partial charge in [0.15, 0.2) is 0 Å². The van der Waals surface area contributed by atoms with Crippen molar-refractivity contribution in [1.82, 2.24) is 0 Å². The van der Waals surface area contributed by atoms with E-state index < -0.39 is 6.10 Å². The van der Waals surface area contributed by atoms with Crippen molar-refractivity contribution in [3.63, 3.8) is 0 Å². The molecule has 0 aliphatic carbocycles. The molecule has 0 amide bonds. The number of hydrogen-bond acceptors (Lipinski definition) is 3. The second-order valence-electron chi connectivity index (χ2n) is 4.99. The van der Waals surface area contributed by atoms with Gasteiger partial charge < -0.3 is 14.6 Å². The smallest absolute Gasteiger partial charge is 0.124 e. The number of benzene rings is 1. The molecule has 1 N–H and O–H groups in total. The topological polar surface area (TPSA) is 38.7 Å². The van der Waals surface area contributed by atoms with Crippen LogP contribution in [0.5, 0.6) is 5.75 Å². The van der Waals surface area contributed by atoms with Crippen molar-refractivity contribution in [2.75, 3.05) is 13.7 Å². The van der Waals surface area contributed by atoms with Crippen LogP contribution in [0, 0.1) is 6.92 Å². The predicted molar refractivity (Wildman–Crippen MR) is 70.9 cm³/mol. The Morgan fingerprint density at radius 3 is 2.94 bits per heavy atom. The molecule has 0 aromatic heterocycles. The lowest BCUT2D eigenvalue weighted by Crippen LogP contribution is -2.21. The van der Waals surface area contributed by atoms with Gasteiger partial charge in [0.25, 0.3) is 0 Å². The molecule has 18 heavy (non-hydrogen) atoms. The van der Waals surface area contributed by atoms with Crippen LogP contribution < -0.4 is 4.74 Å². The molecule has 100 valence electrons. The summed E-state index contributed by atoms with van der Waals surface area (Å²) in [5.41, 5.74) is 2.00. The van der Waals surface area contributed by atoms with E-state index in [2.05, 4.69) is 0 Å². The van der Waals surface area contributed by atoms with Crippen molar-refractivity contribution < 1.29 is 14.6 Å². The van der Waals surface area contributed by atoms with Crippen molar-refractivity contribution in [3.05, 3.63) is 29.3 Å².